The van der Waals surface area contributed by atoms with E-state index in [4.69, 9.17) is 14.7 Å². The lowest BCUT2D eigenvalue weighted by Gasteiger charge is -2.47. The second-order valence-electron chi connectivity index (χ2n) is 10.2. The number of nitriles is 1. The molecule has 196 valence electrons. The Bertz CT molecular complexity index is 1630. The van der Waals surface area contributed by atoms with Gasteiger partial charge in [0.1, 0.15) is 11.6 Å². The molecule has 0 unspecified atom stereocenters. The summed E-state index contributed by atoms with van der Waals surface area (Å²) in [7, 11) is 1.88. The van der Waals surface area contributed by atoms with Crippen LogP contribution in [0.15, 0.2) is 49.4 Å². The average Bonchev–Trinajstić information content (AvgIpc) is 3.55. The van der Waals surface area contributed by atoms with Crippen LogP contribution in [0.4, 0.5) is 5.82 Å². The fraction of sp³-hybridized carbons (Fsp3) is 0.321. The summed E-state index contributed by atoms with van der Waals surface area (Å²) in [6.45, 7) is 8.39. The number of benzene rings is 1. The van der Waals surface area contributed by atoms with Crippen molar-refractivity contribution < 1.29 is 9.53 Å². The maximum Gasteiger partial charge on any atom is 0.319 e. The third kappa shape index (κ3) is 4.24. The first-order chi connectivity index (χ1) is 18.9. The maximum absolute atomic E-state index is 12.1. The van der Waals surface area contributed by atoms with Gasteiger partial charge in [0.15, 0.2) is 18.2 Å². The van der Waals surface area contributed by atoms with Crippen molar-refractivity contribution >= 4 is 22.6 Å². The van der Waals surface area contributed by atoms with E-state index in [0.29, 0.717) is 49.1 Å². The van der Waals surface area contributed by atoms with Gasteiger partial charge in [-0.25, -0.2) is 9.97 Å². The van der Waals surface area contributed by atoms with Crippen LogP contribution < -0.4 is 9.64 Å². The smallest absolute Gasteiger partial charge is 0.319 e. The van der Waals surface area contributed by atoms with Gasteiger partial charge in [-0.2, -0.15) is 20.3 Å². The number of fused-ring (bicyclic) bond motifs is 1. The Labute approximate surface area is 225 Å². The van der Waals surface area contributed by atoms with Crippen molar-refractivity contribution in [3.63, 3.8) is 0 Å². The van der Waals surface area contributed by atoms with Gasteiger partial charge in [0.05, 0.1) is 17.4 Å². The molecule has 0 N–H and O–H groups in total. The number of rotatable bonds is 6. The first kappa shape index (κ1) is 24.5. The van der Waals surface area contributed by atoms with Gasteiger partial charge in [0.25, 0.3) is 0 Å². The zero-order valence-electron chi connectivity index (χ0n) is 21.8. The molecule has 2 aliphatic rings. The highest BCUT2D eigenvalue weighted by Crippen LogP contribution is 2.43. The molecule has 0 saturated carbocycles. The second kappa shape index (κ2) is 9.47. The van der Waals surface area contributed by atoms with Crippen LogP contribution in [0.3, 0.4) is 0 Å². The van der Waals surface area contributed by atoms with Crippen molar-refractivity contribution in [2.75, 3.05) is 31.1 Å². The Morgan fingerprint density at radius 3 is 2.77 bits per heavy atom. The van der Waals surface area contributed by atoms with Gasteiger partial charge in [-0.3, -0.25) is 9.48 Å². The molecule has 0 atom stereocenters. The molecule has 0 aliphatic carbocycles. The normalized spacial score (nSPS) is 15.8. The summed E-state index contributed by atoms with van der Waals surface area (Å²) in [6.07, 6.45) is 7.34. The number of ether oxygens (including phenoxy) is 1. The monoisotopic (exact) mass is 521 g/mol. The molecule has 3 aromatic heterocycles. The third-order valence-electron chi connectivity index (χ3n) is 7.56. The molecular weight excluding hydrogens is 494 g/mol. The third-order valence-corrected chi connectivity index (χ3v) is 7.56. The standard InChI is InChI=1S/C28H27N9O2/c1-4-22(38)37-16-28(17-37)8-11-36(15-28)26-20(12-29)24(23-18(2)6-7-19-13-32-35(3)25(19)23)33-27(34-26)39-14-21-30-9-5-10-31-21/h4-7,9-10,13H,1,8,11,14-17H2,2-3H3. The Hall–Kier alpha value is -4.85. The molecule has 0 radical (unpaired) electrons. The van der Waals surface area contributed by atoms with E-state index in [-0.39, 0.29) is 23.9 Å². The van der Waals surface area contributed by atoms with Gasteiger partial charge >= 0.3 is 6.01 Å². The number of aryl methyl sites for hydroxylation is 2. The van der Waals surface area contributed by atoms with Crippen LogP contribution in [0.25, 0.3) is 22.2 Å². The van der Waals surface area contributed by atoms with Crippen LogP contribution in [0.5, 0.6) is 6.01 Å². The largest absolute Gasteiger partial charge is 0.455 e. The predicted molar refractivity (Wildman–Crippen MR) is 144 cm³/mol. The first-order valence-electron chi connectivity index (χ1n) is 12.7. The Morgan fingerprint density at radius 2 is 2.03 bits per heavy atom. The molecule has 5 heterocycles. The van der Waals surface area contributed by atoms with Gasteiger partial charge in [0, 0.05) is 62.0 Å². The molecule has 11 nitrogen and oxygen atoms in total. The number of carbonyl (C=O) groups is 1. The summed E-state index contributed by atoms with van der Waals surface area (Å²) in [5, 5.41) is 15.8. The van der Waals surface area contributed by atoms with Crippen molar-refractivity contribution in [2.24, 2.45) is 12.5 Å². The van der Waals surface area contributed by atoms with Crippen LogP contribution in [-0.2, 0) is 18.4 Å². The summed E-state index contributed by atoms with van der Waals surface area (Å²) in [5.74, 6) is 0.968. The van der Waals surface area contributed by atoms with Crippen LogP contribution in [0, 0.1) is 23.7 Å². The van der Waals surface area contributed by atoms with Crippen molar-refractivity contribution in [3.8, 4) is 23.3 Å². The minimum absolute atomic E-state index is 0.0343. The van der Waals surface area contributed by atoms with E-state index in [0.717, 1.165) is 28.5 Å². The van der Waals surface area contributed by atoms with Crippen molar-refractivity contribution in [3.05, 3.63) is 66.4 Å². The fourth-order valence-corrected chi connectivity index (χ4v) is 5.63. The minimum Gasteiger partial charge on any atom is -0.455 e. The molecular formula is C28H27N9O2. The lowest BCUT2D eigenvalue weighted by Crippen LogP contribution is -2.59. The molecule has 2 saturated heterocycles. The zero-order chi connectivity index (χ0) is 27.1. The van der Waals surface area contributed by atoms with E-state index in [2.05, 4.69) is 32.6 Å². The first-order valence-corrected chi connectivity index (χ1v) is 12.7. The molecule has 1 spiro atoms. The highest BCUT2D eigenvalue weighted by Gasteiger charge is 2.49. The molecule has 2 aliphatic heterocycles. The molecule has 0 bridgehead atoms. The van der Waals surface area contributed by atoms with Gasteiger partial charge in [-0.15, -0.1) is 0 Å². The van der Waals surface area contributed by atoms with Crippen molar-refractivity contribution in [1.29, 1.82) is 5.26 Å². The number of hydrogen-bond donors (Lipinski definition) is 0. The quantitative estimate of drug-likeness (QED) is 0.352. The topological polar surface area (TPSA) is 126 Å². The number of likely N-dealkylation sites (tertiary alicyclic amines) is 1. The highest BCUT2D eigenvalue weighted by atomic mass is 16.5. The predicted octanol–water partition coefficient (Wildman–Crippen LogP) is 2.80. The Morgan fingerprint density at radius 1 is 1.23 bits per heavy atom. The summed E-state index contributed by atoms with van der Waals surface area (Å²) in [5.41, 5.74) is 3.49. The van der Waals surface area contributed by atoms with E-state index < -0.39 is 0 Å². The molecule has 39 heavy (non-hydrogen) atoms. The van der Waals surface area contributed by atoms with Crippen LogP contribution in [0.1, 0.15) is 23.4 Å². The lowest BCUT2D eigenvalue weighted by molar-refractivity contribution is -0.136. The molecule has 6 rings (SSSR count). The van der Waals surface area contributed by atoms with Gasteiger partial charge in [0.2, 0.25) is 5.91 Å². The van der Waals surface area contributed by atoms with E-state index >= 15 is 0 Å². The number of aromatic nitrogens is 6. The van der Waals surface area contributed by atoms with Gasteiger partial charge in [-0.1, -0.05) is 18.7 Å². The van der Waals surface area contributed by atoms with E-state index in [1.54, 1.807) is 34.2 Å². The lowest BCUT2D eigenvalue weighted by atomic mass is 9.79. The van der Waals surface area contributed by atoms with Crippen LogP contribution in [-0.4, -0.2) is 66.7 Å². The number of hydrogen-bond acceptors (Lipinski definition) is 9. The number of carbonyl (C=O) groups excluding carboxylic acids is 1. The molecule has 4 aromatic rings. The molecule has 2 fully saturated rings. The van der Waals surface area contributed by atoms with Gasteiger partial charge in [-0.05, 0) is 31.1 Å². The van der Waals surface area contributed by atoms with E-state index in [9.17, 15) is 10.1 Å². The van der Waals surface area contributed by atoms with Crippen LogP contribution in [0.2, 0.25) is 0 Å². The molecule has 1 amide bonds. The van der Waals surface area contributed by atoms with Crippen molar-refractivity contribution in [1.82, 2.24) is 34.6 Å². The minimum atomic E-state index is -0.0559. The Balaban J connectivity index is 1.44. The number of nitrogens with zero attached hydrogens (tertiary/aromatic N) is 9. The highest BCUT2D eigenvalue weighted by molar-refractivity contribution is 5.97. The molecule has 11 heteroatoms. The summed E-state index contributed by atoms with van der Waals surface area (Å²) >= 11 is 0. The molecule has 1 aromatic carbocycles. The van der Waals surface area contributed by atoms with Crippen LogP contribution >= 0.6 is 0 Å². The maximum atomic E-state index is 12.1. The zero-order valence-corrected chi connectivity index (χ0v) is 21.8. The SMILES string of the molecule is C=CC(=O)N1CC2(CCN(c3nc(OCc4ncccn4)nc(-c4c(C)ccc5cnn(C)c45)c3C#N)C2)C1. The second-order valence-corrected chi connectivity index (χ2v) is 10.2. The van der Waals surface area contributed by atoms with E-state index in [1.165, 1.54) is 6.08 Å². The summed E-state index contributed by atoms with van der Waals surface area (Å²) in [4.78, 5) is 33.9. The van der Waals surface area contributed by atoms with Crippen molar-refractivity contribution in [2.45, 2.75) is 20.0 Å². The number of amides is 1. The Kier molecular flexibility index (Phi) is 5.95. The van der Waals surface area contributed by atoms with E-state index in [1.807, 2.05) is 26.1 Å². The summed E-state index contributed by atoms with van der Waals surface area (Å²) < 4.78 is 7.80. The van der Waals surface area contributed by atoms with Gasteiger partial charge < -0.3 is 14.5 Å². The summed E-state index contributed by atoms with van der Waals surface area (Å²) in [6, 6.07) is 8.29. The average molecular weight is 522 g/mol. The number of anilines is 1. The fourth-order valence-electron chi connectivity index (χ4n) is 5.63.